The van der Waals surface area contributed by atoms with Crippen molar-refractivity contribution in [2.24, 2.45) is 0 Å². The number of hydrogen-bond acceptors (Lipinski definition) is 1. The molecule has 0 saturated heterocycles. The summed E-state index contributed by atoms with van der Waals surface area (Å²) in [4.78, 5) is 2.04. The summed E-state index contributed by atoms with van der Waals surface area (Å²) >= 11 is 0. The van der Waals surface area contributed by atoms with Crippen LogP contribution in [-0.4, -0.2) is 26.8 Å². The fourth-order valence-corrected chi connectivity index (χ4v) is 0.687. The molecule has 0 bridgehead atoms. The van der Waals surface area contributed by atoms with Crippen molar-refractivity contribution in [3.8, 4) is 0 Å². The molecule has 0 aromatic rings. The van der Waals surface area contributed by atoms with Crippen molar-refractivity contribution >= 4 is 7.85 Å². The molecular weight excluding hydrogens is 133 g/mol. The van der Waals surface area contributed by atoms with E-state index in [0.717, 1.165) is 5.70 Å². The molecule has 0 atom stereocenters. The first-order valence-electron chi connectivity index (χ1n) is 3.76. The van der Waals surface area contributed by atoms with Crippen LogP contribution >= 0.6 is 0 Å². The predicted octanol–water partition coefficient (Wildman–Crippen LogP) is 1.15. The third kappa shape index (κ3) is 3.71. The molecule has 2 heteroatoms. The molecule has 0 aliphatic heterocycles. The molecule has 60 valence electrons. The predicted molar refractivity (Wildman–Crippen MR) is 54.3 cm³/mol. The minimum Gasteiger partial charge on any atom is -0.378 e. The van der Waals surface area contributed by atoms with Gasteiger partial charge in [0.1, 0.15) is 7.85 Å². The molecule has 0 aliphatic carbocycles. The van der Waals surface area contributed by atoms with Crippen LogP contribution in [0.4, 0.5) is 0 Å². The second kappa shape index (κ2) is 4.83. The molecule has 0 unspecified atom stereocenters. The summed E-state index contributed by atoms with van der Waals surface area (Å²) in [6.45, 7) is 5.76. The van der Waals surface area contributed by atoms with Crippen LogP contribution in [0.3, 0.4) is 0 Å². The van der Waals surface area contributed by atoms with Gasteiger partial charge >= 0.3 is 0 Å². The lowest BCUT2D eigenvalue weighted by Gasteiger charge is -2.13. The molecule has 0 spiro atoms. The van der Waals surface area contributed by atoms with Gasteiger partial charge in [-0.15, -0.1) is 0 Å². The number of nitrogens with zero attached hydrogens (tertiary/aromatic N) is 1. The van der Waals surface area contributed by atoms with Crippen molar-refractivity contribution in [1.29, 1.82) is 0 Å². The minimum absolute atomic E-state index is 1.14. The quantitative estimate of drug-likeness (QED) is 0.429. The third-order valence-electron chi connectivity index (χ3n) is 1.56. The largest absolute Gasteiger partial charge is 0.378 e. The van der Waals surface area contributed by atoms with E-state index in [0.29, 0.717) is 0 Å². The molecule has 0 fully saturated rings. The van der Waals surface area contributed by atoms with Crippen molar-refractivity contribution in [1.82, 2.24) is 4.90 Å². The van der Waals surface area contributed by atoms with Crippen LogP contribution in [-0.2, 0) is 0 Å². The van der Waals surface area contributed by atoms with Crippen molar-refractivity contribution in [3.63, 3.8) is 0 Å². The summed E-state index contributed by atoms with van der Waals surface area (Å²) in [6.07, 6.45) is 6.03. The van der Waals surface area contributed by atoms with E-state index in [-0.39, 0.29) is 0 Å². The summed E-state index contributed by atoms with van der Waals surface area (Å²) in [5.41, 5.74) is 2.40. The van der Waals surface area contributed by atoms with Gasteiger partial charge in [0.2, 0.25) is 0 Å². The van der Waals surface area contributed by atoms with Crippen LogP contribution in [0.2, 0.25) is 0 Å². The van der Waals surface area contributed by atoms with Gasteiger partial charge in [-0.05, 0) is 19.1 Å². The molecule has 0 radical (unpaired) electrons. The van der Waals surface area contributed by atoms with Gasteiger partial charge in [0, 0.05) is 19.8 Å². The van der Waals surface area contributed by atoms with Gasteiger partial charge in [-0.3, -0.25) is 0 Å². The van der Waals surface area contributed by atoms with E-state index in [1.807, 2.05) is 32.0 Å². The highest BCUT2D eigenvalue weighted by atomic mass is 15.1. The Kier molecular flexibility index (Phi) is 4.43. The molecule has 0 aromatic heterocycles. The van der Waals surface area contributed by atoms with Crippen molar-refractivity contribution in [2.75, 3.05) is 14.1 Å². The van der Waals surface area contributed by atoms with Gasteiger partial charge < -0.3 is 4.90 Å². The summed E-state index contributed by atoms with van der Waals surface area (Å²) < 4.78 is 0. The van der Waals surface area contributed by atoms with Gasteiger partial charge in [-0.1, -0.05) is 18.1 Å². The SMILES string of the molecule is BC(=C/C)/C=C(\C=C)N(C)C. The minimum atomic E-state index is 1.14. The van der Waals surface area contributed by atoms with Gasteiger partial charge in [0.25, 0.3) is 0 Å². The Hall–Kier alpha value is -0.915. The van der Waals surface area contributed by atoms with Crippen LogP contribution in [0.25, 0.3) is 0 Å². The maximum Gasteiger partial charge on any atom is 0.138 e. The van der Waals surface area contributed by atoms with Gasteiger partial charge in [0.05, 0.1) is 0 Å². The molecule has 0 saturated carbocycles. The molecule has 11 heavy (non-hydrogen) atoms. The highest BCUT2D eigenvalue weighted by Crippen LogP contribution is 2.02. The first-order valence-corrected chi connectivity index (χ1v) is 3.76. The van der Waals surface area contributed by atoms with E-state index in [4.69, 9.17) is 0 Å². The molecule has 0 N–H and O–H groups in total. The van der Waals surface area contributed by atoms with Crippen molar-refractivity contribution < 1.29 is 0 Å². The molecule has 0 rings (SSSR count). The third-order valence-corrected chi connectivity index (χ3v) is 1.56. The normalized spacial score (nSPS) is 13.0. The monoisotopic (exact) mass is 149 g/mol. The summed E-state index contributed by atoms with van der Waals surface area (Å²) in [5.74, 6) is 0. The average Bonchev–Trinajstić information content (AvgIpc) is 1.99. The van der Waals surface area contributed by atoms with Crippen LogP contribution in [0, 0.1) is 0 Å². The van der Waals surface area contributed by atoms with E-state index in [1.165, 1.54) is 5.47 Å². The lowest BCUT2D eigenvalue weighted by atomic mass is 9.94. The van der Waals surface area contributed by atoms with Gasteiger partial charge in [-0.25, -0.2) is 0 Å². The number of allylic oxidation sites excluding steroid dienone is 4. The lowest BCUT2D eigenvalue weighted by Crippen LogP contribution is -2.09. The van der Waals surface area contributed by atoms with Crippen LogP contribution in [0.1, 0.15) is 6.92 Å². The Morgan fingerprint density at radius 1 is 1.45 bits per heavy atom. The first-order chi connectivity index (χ1) is 5.11. The topological polar surface area (TPSA) is 3.24 Å². The number of rotatable bonds is 3. The van der Waals surface area contributed by atoms with Crippen LogP contribution in [0.15, 0.2) is 36.0 Å². The lowest BCUT2D eigenvalue weighted by molar-refractivity contribution is 0.530. The fourth-order valence-electron chi connectivity index (χ4n) is 0.687. The summed E-state index contributed by atoms with van der Waals surface area (Å²) in [5, 5.41) is 0. The maximum absolute atomic E-state index is 3.73. The van der Waals surface area contributed by atoms with Gasteiger partial charge in [-0.2, -0.15) is 0 Å². The van der Waals surface area contributed by atoms with Gasteiger partial charge in [0.15, 0.2) is 0 Å². The van der Waals surface area contributed by atoms with E-state index in [9.17, 15) is 0 Å². The Balaban J connectivity index is 4.48. The Morgan fingerprint density at radius 3 is 2.27 bits per heavy atom. The number of likely N-dealkylation sites (N-methyl/N-ethyl adjacent to an activating group) is 1. The summed E-state index contributed by atoms with van der Waals surface area (Å²) in [7, 11) is 6.10. The van der Waals surface area contributed by atoms with Crippen molar-refractivity contribution in [3.05, 3.63) is 36.0 Å². The highest BCUT2D eigenvalue weighted by molar-refractivity contribution is 6.23. The smallest absolute Gasteiger partial charge is 0.138 e. The van der Waals surface area contributed by atoms with Crippen LogP contribution in [0.5, 0.6) is 0 Å². The number of hydrogen-bond donors (Lipinski definition) is 0. The average molecular weight is 149 g/mol. The molecule has 0 aliphatic rings. The zero-order chi connectivity index (χ0) is 8.85. The second-order valence-corrected chi connectivity index (χ2v) is 2.70. The van der Waals surface area contributed by atoms with E-state index in [1.54, 1.807) is 0 Å². The maximum atomic E-state index is 3.73. The standard InChI is InChI=1S/C9H16BN/c1-5-8(10)7-9(6-2)11(3)4/h5-7H,2,10H2,1,3-4H3/b8-5+,9-7+. The van der Waals surface area contributed by atoms with Crippen LogP contribution < -0.4 is 0 Å². The molecule has 0 amide bonds. The molecule has 1 nitrogen and oxygen atoms in total. The molecule has 0 aromatic carbocycles. The first kappa shape index (κ1) is 10.1. The van der Waals surface area contributed by atoms with E-state index in [2.05, 4.69) is 26.6 Å². The Labute approximate surface area is 70.5 Å². The van der Waals surface area contributed by atoms with E-state index >= 15 is 0 Å². The fraction of sp³-hybridized carbons (Fsp3) is 0.333. The zero-order valence-corrected chi connectivity index (χ0v) is 7.89. The molecule has 0 heterocycles. The van der Waals surface area contributed by atoms with Crippen molar-refractivity contribution in [2.45, 2.75) is 6.92 Å². The molecular formula is C9H16BN. The Morgan fingerprint density at radius 2 is 2.00 bits per heavy atom. The van der Waals surface area contributed by atoms with E-state index < -0.39 is 0 Å². The Bertz CT molecular complexity index is 190. The summed E-state index contributed by atoms with van der Waals surface area (Å²) in [6, 6.07) is 0. The second-order valence-electron chi connectivity index (χ2n) is 2.70. The highest BCUT2D eigenvalue weighted by Gasteiger charge is 1.91. The zero-order valence-electron chi connectivity index (χ0n) is 7.89.